The Morgan fingerprint density at radius 3 is 2.80 bits per heavy atom. The van der Waals surface area contributed by atoms with Crippen LogP contribution in [-0.4, -0.2) is 50.0 Å². The molecule has 0 bridgehead atoms. The minimum Gasteiger partial charge on any atom is -0.486 e. The maximum absolute atomic E-state index is 13.8. The highest BCUT2D eigenvalue weighted by molar-refractivity contribution is 5.58. The van der Waals surface area contributed by atoms with Gasteiger partial charge in [-0.3, -0.25) is 4.79 Å². The number of carbonyl (C=O) groups excluding carboxylic acids is 1. The summed E-state index contributed by atoms with van der Waals surface area (Å²) in [5.74, 6) is -1.73. The zero-order valence-corrected chi connectivity index (χ0v) is 13.7. The van der Waals surface area contributed by atoms with Gasteiger partial charge in [0.05, 0.1) is 5.41 Å². The predicted molar refractivity (Wildman–Crippen MR) is 80.0 cm³/mol. The highest BCUT2D eigenvalue weighted by Gasteiger charge is 2.72. The average Bonchev–Trinajstić information content (AvgIpc) is 3.02. The molecule has 0 aromatic heterocycles. The second kappa shape index (κ2) is 5.76. The van der Waals surface area contributed by atoms with Crippen LogP contribution in [0.4, 0.5) is 17.6 Å². The Bertz CT molecular complexity index is 697. The molecule has 9 heteroatoms. The van der Waals surface area contributed by atoms with Gasteiger partial charge in [-0.25, -0.2) is 4.39 Å². The molecule has 0 saturated heterocycles. The van der Waals surface area contributed by atoms with E-state index >= 15 is 0 Å². The first-order chi connectivity index (χ1) is 11.6. The molecule has 1 aromatic rings. The quantitative estimate of drug-likeness (QED) is 0.459. The molecule has 1 saturated carbocycles. The van der Waals surface area contributed by atoms with E-state index in [1.54, 1.807) is 7.05 Å². The summed E-state index contributed by atoms with van der Waals surface area (Å²) in [6.45, 7) is 3.31. The number of amides is 1. The fraction of sp³-hybridized carbons (Fsp3) is 0.562. The lowest BCUT2D eigenvalue weighted by atomic mass is 9.93. The Kier molecular flexibility index (Phi) is 4.09. The second-order valence-electron chi connectivity index (χ2n) is 6.68. The summed E-state index contributed by atoms with van der Waals surface area (Å²) in [4.78, 5) is 12.0. The van der Waals surface area contributed by atoms with Crippen LogP contribution in [0.5, 0.6) is 11.5 Å². The van der Waals surface area contributed by atoms with E-state index in [0.717, 1.165) is 12.1 Å². The number of hydrogen-bond donors (Lipinski definition) is 1. The standard InChI is InChI=1S/C16H18F4N2O3/c1-14-7-15(14,8-21-3-4-22(2)9-23)10-5-13(25-16(18,19)20)11(17)6-12(10)24-14/h5-6,9,21H,3-4,7-8H2,1-2H3. The van der Waals surface area contributed by atoms with Gasteiger partial charge < -0.3 is 19.7 Å². The Labute approximate surface area is 141 Å². The van der Waals surface area contributed by atoms with Crippen molar-refractivity contribution in [3.05, 3.63) is 23.5 Å². The predicted octanol–water partition coefficient (Wildman–Crippen LogP) is 2.19. The van der Waals surface area contributed by atoms with E-state index in [2.05, 4.69) is 10.1 Å². The zero-order valence-electron chi connectivity index (χ0n) is 13.7. The summed E-state index contributed by atoms with van der Waals surface area (Å²) in [6.07, 6.45) is -3.65. The maximum Gasteiger partial charge on any atom is 0.573 e. The van der Waals surface area contributed by atoms with Crippen molar-refractivity contribution in [2.45, 2.75) is 30.7 Å². The number of benzene rings is 1. The summed E-state index contributed by atoms with van der Waals surface area (Å²) < 4.78 is 60.7. The first kappa shape index (κ1) is 17.8. The Balaban J connectivity index is 1.78. The third-order valence-corrected chi connectivity index (χ3v) is 4.88. The molecule has 2 unspecified atom stereocenters. The van der Waals surface area contributed by atoms with Crippen molar-refractivity contribution < 1.29 is 31.8 Å². The Morgan fingerprint density at radius 2 is 2.16 bits per heavy atom. The largest absolute Gasteiger partial charge is 0.573 e. The van der Waals surface area contributed by atoms with Gasteiger partial charge >= 0.3 is 6.36 Å². The number of rotatable bonds is 7. The van der Waals surface area contributed by atoms with Crippen LogP contribution < -0.4 is 14.8 Å². The van der Waals surface area contributed by atoms with E-state index in [0.29, 0.717) is 38.0 Å². The molecule has 0 spiro atoms. The van der Waals surface area contributed by atoms with Gasteiger partial charge in [0.2, 0.25) is 6.41 Å². The Morgan fingerprint density at radius 1 is 1.44 bits per heavy atom. The fourth-order valence-corrected chi connectivity index (χ4v) is 3.44. The van der Waals surface area contributed by atoms with Gasteiger partial charge in [-0.2, -0.15) is 0 Å². The molecular formula is C16H18F4N2O3. The molecule has 1 amide bonds. The van der Waals surface area contributed by atoms with Gasteiger partial charge in [0.25, 0.3) is 0 Å². The summed E-state index contributed by atoms with van der Waals surface area (Å²) >= 11 is 0. The number of alkyl halides is 3. The van der Waals surface area contributed by atoms with Crippen molar-refractivity contribution in [1.82, 2.24) is 10.2 Å². The summed E-state index contributed by atoms with van der Waals surface area (Å²) in [7, 11) is 1.64. The van der Waals surface area contributed by atoms with Crippen molar-refractivity contribution in [3.8, 4) is 11.5 Å². The van der Waals surface area contributed by atoms with Gasteiger partial charge in [-0.05, 0) is 13.0 Å². The minimum absolute atomic E-state index is 0.243. The van der Waals surface area contributed by atoms with Crippen molar-refractivity contribution >= 4 is 6.41 Å². The number of halogens is 4. The number of carbonyl (C=O) groups is 1. The van der Waals surface area contributed by atoms with Gasteiger partial charge in [0.1, 0.15) is 11.4 Å². The first-order valence-corrected chi connectivity index (χ1v) is 7.75. The van der Waals surface area contributed by atoms with Crippen molar-refractivity contribution in [1.29, 1.82) is 0 Å². The molecule has 1 aliphatic carbocycles. The lowest BCUT2D eigenvalue weighted by Gasteiger charge is -2.18. The van der Waals surface area contributed by atoms with Crippen LogP contribution in [0.25, 0.3) is 0 Å². The molecule has 2 atom stereocenters. The lowest BCUT2D eigenvalue weighted by molar-refractivity contribution is -0.275. The molecule has 1 fully saturated rings. The van der Waals surface area contributed by atoms with Crippen molar-refractivity contribution in [2.24, 2.45) is 0 Å². The molecule has 1 heterocycles. The number of nitrogens with one attached hydrogen (secondary N) is 1. The van der Waals surface area contributed by atoms with Gasteiger partial charge in [-0.15, -0.1) is 13.2 Å². The molecule has 1 N–H and O–H groups in total. The van der Waals surface area contributed by atoms with E-state index < -0.39 is 28.9 Å². The lowest BCUT2D eigenvalue weighted by Crippen LogP contribution is -2.36. The van der Waals surface area contributed by atoms with E-state index in [9.17, 15) is 22.4 Å². The maximum atomic E-state index is 13.8. The van der Waals surface area contributed by atoms with Crippen molar-refractivity contribution in [3.63, 3.8) is 0 Å². The molecule has 138 valence electrons. The number of likely N-dealkylation sites (N-methyl/N-ethyl adjacent to an activating group) is 1. The molecule has 5 nitrogen and oxygen atoms in total. The van der Waals surface area contributed by atoms with Gasteiger partial charge in [0, 0.05) is 44.7 Å². The zero-order chi connectivity index (χ0) is 18.5. The monoisotopic (exact) mass is 362 g/mol. The molecule has 1 aromatic carbocycles. The van der Waals surface area contributed by atoms with Crippen LogP contribution in [0.15, 0.2) is 12.1 Å². The van der Waals surface area contributed by atoms with Crippen LogP contribution >= 0.6 is 0 Å². The summed E-state index contributed by atoms with van der Waals surface area (Å²) in [5, 5.41) is 3.19. The van der Waals surface area contributed by atoms with Gasteiger partial charge in [-0.1, -0.05) is 0 Å². The molecule has 0 radical (unpaired) electrons. The van der Waals surface area contributed by atoms with Gasteiger partial charge in [0.15, 0.2) is 11.6 Å². The number of ether oxygens (including phenoxy) is 2. The molecule has 3 rings (SSSR count). The first-order valence-electron chi connectivity index (χ1n) is 7.75. The SMILES string of the molecule is CN(C=O)CCNCC12CC1(C)Oc1cc(F)c(OC(F)(F)F)cc12. The van der Waals surface area contributed by atoms with Crippen LogP contribution in [0.1, 0.15) is 18.9 Å². The summed E-state index contributed by atoms with van der Waals surface area (Å²) in [6, 6.07) is 2.02. The summed E-state index contributed by atoms with van der Waals surface area (Å²) in [5.41, 5.74) is -0.603. The highest BCUT2D eigenvalue weighted by atomic mass is 19.4. The number of hydrogen-bond acceptors (Lipinski definition) is 4. The normalized spacial score (nSPS) is 26.5. The van der Waals surface area contributed by atoms with Crippen molar-refractivity contribution in [2.75, 3.05) is 26.7 Å². The van der Waals surface area contributed by atoms with Crippen LogP contribution in [0, 0.1) is 5.82 Å². The van der Waals surface area contributed by atoms with E-state index in [4.69, 9.17) is 4.74 Å². The molecule has 1 aliphatic heterocycles. The number of fused-ring (bicyclic) bond motifs is 3. The topological polar surface area (TPSA) is 50.8 Å². The van der Waals surface area contributed by atoms with Crippen LogP contribution in [0.3, 0.4) is 0 Å². The average molecular weight is 362 g/mol. The third-order valence-electron chi connectivity index (χ3n) is 4.88. The Hall–Kier alpha value is -2.03. The molecular weight excluding hydrogens is 344 g/mol. The van der Waals surface area contributed by atoms with E-state index in [-0.39, 0.29) is 5.75 Å². The minimum atomic E-state index is -4.97. The van der Waals surface area contributed by atoms with Crippen LogP contribution in [0.2, 0.25) is 0 Å². The second-order valence-corrected chi connectivity index (χ2v) is 6.68. The van der Waals surface area contributed by atoms with Crippen LogP contribution in [-0.2, 0) is 10.2 Å². The highest BCUT2D eigenvalue weighted by Crippen LogP contribution is 2.67. The number of nitrogens with zero attached hydrogens (tertiary/aromatic N) is 1. The fourth-order valence-electron chi connectivity index (χ4n) is 3.44. The van der Waals surface area contributed by atoms with E-state index in [1.165, 1.54) is 4.90 Å². The third kappa shape index (κ3) is 3.12. The van der Waals surface area contributed by atoms with E-state index in [1.807, 2.05) is 6.92 Å². The molecule has 25 heavy (non-hydrogen) atoms. The molecule has 2 aliphatic rings. The smallest absolute Gasteiger partial charge is 0.486 e.